The zero-order valence-electron chi connectivity index (χ0n) is 18.2. The van der Waals surface area contributed by atoms with Crippen LogP contribution in [-0.4, -0.2) is 65.2 Å². The summed E-state index contributed by atoms with van der Waals surface area (Å²) in [6.45, 7) is 9.23. The summed E-state index contributed by atoms with van der Waals surface area (Å²) in [5.74, 6) is 2.41. The number of nitrogens with one attached hydrogen (secondary N) is 2. The molecule has 164 valence electrons. The first-order chi connectivity index (χ1) is 14.3. The lowest BCUT2D eigenvalue weighted by Crippen LogP contribution is -2.39. The Hall–Kier alpha value is -1.99. The topological polar surface area (TPSA) is 73.3 Å². The van der Waals surface area contributed by atoms with Gasteiger partial charge in [0.15, 0.2) is 17.5 Å². The molecule has 1 aliphatic heterocycles. The van der Waals surface area contributed by atoms with Crippen molar-refractivity contribution < 1.29 is 18.9 Å². The van der Waals surface area contributed by atoms with E-state index in [-0.39, 0.29) is 0 Å². The zero-order chi connectivity index (χ0) is 20.7. The Bertz CT molecular complexity index is 604. The molecule has 0 amide bonds. The van der Waals surface area contributed by atoms with Crippen LogP contribution in [0.1, 0.15) is 38.7 Å². The van der Waals surface area contributed by atoms with E-state index in [4.69, 9.17) is 18.9 Å². The third-order valence-corrected chi connectivity index (χ3v) is 4.67. The van der Waals surface area contributed by atoms with Crippen LogP contribution in [0.25, 0.3) is 0 Å². The lowest BCUT2D eigenvalue weighted by atomic mass is 10.1. The van der Waals surface area contributed by atoms with E-state index < -0.39 is 0 Å². The second-order valence-electron chi connectivity index (χ2n) is 6.86. The van der Waals surface area contributed by atoms with Gasteiger partial charge in [0.25, 0.3) is 0 Å². The second kappa shape index (κ2) is 14.1. The normalized spacial score (nSPS) is 15.2. The van der Waals surface area contributed by atoms with Crippen molar-refractivity contribution in [3.63, 3.8) is 0 Å². The summed E-state index contributed by atoms with van der Waals surface area (Å²) in [6, 6.07) is 6.12. The molecular weight excluding hydrogens is 370 g/mol. The van der Waals surface area contributed by atoms with Crippen molar-refractivity contribution in [2.75, 3.05) is 53.2 Å². The van der Waals surface area contributed by atoms with E-state index in [2.05, 4.69) is 27.8 Å². The number of ether oxygens (including phenoxy) is 4. The maximum absolute atomic E-state index is 5.89. The van der Waals surface area contributed by atoms with Gasteiger partial charge in [0.05, 0.1) is 19.3 Å². The van der Waals surface area contributed by atoms with Gasteiger partial charge in [-0.25, -0.2) is 0 Å². The fourth-order valence-electron chi connectivity index (χ4n) is 3.17. The Morgan fingerprint density at radius 1 is 1.07 bits per heavy atom. The van der Waals surface area contributed by atoms with Crippen LogP contribution in [0.5, 0.6) is 11.5 Å². The quantitative estimate of drug-likeness (QED) is 0.315. The van der Waals surface area contributed by atoms with Gasteiger partial charge >= 0.3 is 0 Å². The van der Waals surface area contributed by atoms with Crippen LogP contribution < -0.4 is 20.1 Å². The lowest BCUT2D eigenvalue weighted by Gasteiger charge is -2.22. The highest BCUT2D eigenvalue weighted by Gasteiger charge is 2.13. The maximum Gasteiger partial charge on any atom is 0.190 e. The molecule has 1 fully saturated rings. The van der Waals surface area contributed by atoms with Gasteiger partial charge < -0.3 is 29.6 Å². The van der Waals surface area contributed by atoms with Crippen molar-refractivity contribution in [3.05, 3.63) is 23.8 Å². The van der Waals surface area contributed by atoms with Gasteiger partial charge in [-0.3, -0.25) is 4.99 Å². The van der Waals surface area contributed by atoms with Crippen molar-refractivity contribution in [2.24, 2.45) is 4.99 Å². The number of rotatable bonds is 12. The number of hydrogen-bond donors (Lipinski definition) is 2. The van der Waals surface area contributed by atoms with Gasteiger partial charge in [0, 0.05) is 40.0 Å². The minimum absolute atomic E-state index is 0.358. The van der Waals surface area contributed by atoms with E-state index in [1.54, 1.807) is 7.05 Å². The van der Waals surface area contributed by atoms with E-state index in [0.29, 0.717) is 19.3 Å². The molecule has 0 saturated carbocycles. The van der Waals surface area contributed by atoms with E-state index >= 15 is 0 Å². The number of hydrogen-bond acceptors (Lipinski definition) is 5. The number of nitrogens with zero attached hydrogens (tertiary/aromatic N) is 1. The molecule has 0 radical (unpaired) electrons. The molecule has 29 heavy (non-hydrogen) atoms. The largest absolute Gasteiger partial charge is 0.490 e. The lowest BCUT2D eigenvalue weighted by molar-refractivity contribution is -0.0320. The fourth-order valence-corrected chi connectivity index (χ4v) is 3.17. The Morgan fingerprint density at radius 3 is 2.52 bits per heavy atom. The molecular formula is C22H37N3O4. The molecule has 0 atom stereocenters. The van der Waals surface area contributed by atoms with Gasteiger partial charge in [0.1, 0.15) is 0 Å². The summed E-state index contributed by atoms with van der Waals surface area (Å²) >= 11 is 0. The van der Waals surface area contributed by atoms with Gasteiger partial charge in [-0.05, 0) is 57.2 Å². The average Bonchev–Trinajstić information content (AvgIpc) is 2.75. The molecule has 1 aromatic carbocycles. The first-order valence-electron chi connectivity index (χ1n) is 10.8. The van der Waals surface area contributed by atoms with Crippen molar-refractivity contribution in [2.45, 2.75) is 45.6 Å². The average molecular weight is 408 g/mol. The minimum atomic E-state index is 0.358. The summed E-state index contributed by atoms with van der Waals surface area (Å²) in [4.78, 5) is 4.28. The van der Waals surface area contributed by atoms with Gasteiger partial charge in [0.2, 0.25) is 0 Å². The predicted octanol–water partition coefficient (Wildman–Crippen LogP) is 2.78. The van der Waals surface area contributed by atoms with Crippen LogP contribution in [-0.2, 0) is 15.9 Å². The fraction of sp³-hybridized carbons (Fsp3) is 0.682. The van der Waals surface area contributed by atoms with E-state index in [0.717, 1.165) is 76.1 Å². The summed E-state index contributed by atoms with van der Waals surface area (Å²) in [6.07, 6.45) is 4.20. The van der Waals surface area contributed by atoms with Crippen LogP contribution >= 0.6 is 0 Å². The standard InChI is InChI=1S/C22H37N3O4/c1-4-27-20-8-7-18(17-21(20)28-5-2)9-13-25-22(23-3)24-12-6-14-29-19-10-15-26-16-11-19/h7-8,17,19H,4-6,9-16H2,1-3H3,(H2,23,24,25). The predicted molar refractivity (Wildman–Crippen MR) is 116 cm³/mol. The Morgan fingerprint density at radius 2 is 1.79 bits per heavy atom. The molecule has 1 heterocycles. The molecule has 0 unspecified atom stereocenters. The van der Waals surface area contributed by atoms with Crippen molar-refractivity contribution >= 4 is 5.96 Å². The smallest absolute Gasteiger partial charge is 0.190 e. The monoisotopic (exact) mass is 407 g/mol. The molecule has 1 aliphatic rings. The molecule has 1 saturated heterocycles. The van der Waals surface area contributed by atoms with E-state index in [9.17, 15) is 0 Å². The second-order valence-corrected chi connectivity index (χ2v) is 6.86. The maximum atomic E-state index is 5.89. The van der Waals surface area contributed by atoms with Crippen LogP contribution in [0.3, 0.4) is 0 Å². The first-order valence-corrected chi connectivity index (χ1v) is 10.8. The molecule has 1 aromatic rings. The Labute approximate surface area is 175 Å². The van der Waals surface area contributed by atoms with Crippen LogP contribution in [0, 0.1) is 0 Å². The van der Waals surface area contributed by atoms with Crippen LogP contribution in [0.2, 0.25) is 0 Å². The van der Waals surface area contributed by atoms with Crippen LogP contribution in [0.15, 0.2) is 23.2 Å². The highest BCUT2D eigenvalue weighted by atomic mass is 16.5. The number of aliphatic imine (C=N–C) groups is 1. The molecule has 0 bridgehead atoms. The van der Waals surface area contributed by atoms with Gasteiger partial charge in [-0.15, -0.1) is 0 Å². The molecule has 2 N–H and O–H groups in total. The molecule has 7 heteroatoms. The van der Waals surface area contributed by atoms with Gasteiger partial charge in [-0.2, -0.15) is 0 Å². The summed E-state index contributed by atoms with van der Waals surface area (Å²) in [5.41, 5.74) is 1.20. The summed E-state index contributed by atoms with van der Waals surface area (Å²) in [5, 5.41) is 6.70. The van der Waals surface area contributed by atoms with E-state index in [1.807, 2.05) is 19.9 Å². The molecule has 0 aromatic heterocycles. The SMILES string of the molecule is CCOc1ccc(CCNC(=NC)NCCCOC2CCOCC2)cc1OCC. The van der Waals surface area contributed by atoms with Crippen LogP contribution in [0.4, 0.5) is 0 Å². The minimum Gasteiger partial charge on any atom is -0.490 e. The molecule has 7 nitrogen and oxygen atoms in total. The van der Waals surface area contributed by atoms with Crippen molar-refractivity contribution in [1.29, 1.82) is 0 Å². The highest BCUT2D eigenvalue weighted by Crippen LogP contribution is 2.28. The molecule has 0 aliphatic carbocycles. The Kier molecular flexibility index (Phi) is 11.3. The number of guanidine groups is 1. The Balaban J connectivity index is 1.65. The molecule has 0 spiro atoms. The van der Waals surface area contributed by atoms with E-state index in [1.165, 1.54) is 5.56 Å². The van der Waals surface area contributed by atoms with Crippen molar-refractivity contribution in [3.8, 4) is 11.5 Å². The summed E-state index contributed by atoms with van der Waals surface area (Å²) in [7, 11) is 1.79. The summed E-state index contributed by atoms with van der Waals surface area (Å²) < 4.78 is 22.6. The highest BCUT2D eigenvalue weighted by molar-refractivity contribution is 5.79. The number of benzene rings is 1. The van der Waals surface area contributed by atoms with Crippen molar-refractivity contribution in [1.82, 2.24) is 10.6 Å². The molecule has 2 rings (SSSR count). The zero-order valence-corrected chi connectivity index (χ0v) is 18.2. The third kappa shape index (κ3) is 8.92. The third-order valence-electron chi connectivity index (χ3n) is 4.67. The first kappa shape index (κ1) is 23.3. The van der Waals surface area contributed by atoms with Gasteiger partial charge in [-0.1, -0.05) is 6.07 Å².